The normalized spacial score (nSPS) is 11.3. The number of hydrogen-bond donors (Lipinski definition) is 2. The SMILES string of the molecule is CCCCc1nc(Cl)c(C=O)n1Cc1ccc(-c2ccccc2-c2nnn(C(=O)CCCON(O)O)n2)cc1. The number of halogens is 1. The lowest BCUT2D eigenvalue weighted by molar-refractivity contribution is -0.492. The van der Waals surface area contributed by atoms with E-state index in [0.29, 0.717) is 23.6 Å². The van der Waals surface area contributed by atoms with Crippen LogP contribution < -0.4 is 0 Å². The molecule has 13 heteroatoms. The smallest absolute Gasteiger partial charge is 0.266 e. The summed E-state index contributed by atoms with van der Waals surface area (Å²) < 4.78 is 1.86. The lowest BCUT2D eigenvalue weighted by atomic mass is 9.98. The summed E-state index contributed by atoms with van der Waals surface area (Å²) in [4.78, 5) is 33.8. The van der Waals surface area contributed by atoms with Crippen LogP contribution in [0.25, 0.3) is 22.5 Å². The minimum absolute atomic E-state index is 0.0286. The Morgan fingerprint density at radius 3 is 2.54 bits per heavy atom. The number of imidazole rings is 1. The van der Waals surface area contributed by atoms with Gasteiger partial charge in [-0.1, -0.05) is 78.3 Å². The van der Waals surface area contributed by atoms with Crippen LogP contribution >= 0.6 is 11.6 Å². The van der Waals surface area contributed by atoms with E-state index >= 15 is 0 Å². The molecule has 4 rings (SSSR count). The standard InChI is InChI=1S/C26H28ClN7O5/c1-2-3-9-23-28-25(27)22(17-35)32(23)16-18-11-13-19(14-12-18)20-7-4-5-8-21(20)26-29-31-33(30-26)24(36)10-6-15-39-34(37)38/h4-5,7-8,11-14,17,37-38H,2-3,6,9-10,15-16H2,1H3. The molecule has 0 radical (unpaired) electrons. The number of rotatable bonds is 13. The van der Waals surface area contributed by atoms with Gasteiger partial charge < -0.3 is 4.57 Å². The van der Waals surface area contributed by atoms with Gasteiger partial charge in [0, 0.05) is 24.9 Å². The highest BCUT2D eigenvalue weighted by Gasteiger charge is 2.17. The van der Waals surface area contributed by atoms with Crippen LogP contribution in [0.15, 0.2) is 48.5 Å². The fourth-order valence-corrected chi connectivity index (χ4v) is 4.34. The van der Waals surface area contributed by atoms with Crippen molar-refractivity contribution < 1.29 is 24.8 Å². The first kappa shape index (κ1) is 28.2. The first-order chi connectivity index (χ1) is 18.9. The topological polar surface area (TPSA) is 148 Å². The third kappa shape index (κ3) is 6.99. The molecule has 2 aromatic heterocycles. The Bertz CT molecular complexity index is 1420. The van der Waals surface area contributed by atoms with Crippen LogP contribution in [0.2, 0.25) is 5.15 Å². The number of tetrazole rings is 1. The molecule has 0 fully saturated rings. The van der Waals surface area contributed by atoms with Crippen molar-refractivity contribution in [3.8, 4) is 22.5 Å². The molecule has 2 aromatic carbocycles. The first-order valence-corrected chi connectivity index (χ1v) is 12.8. The van der Waals surface area contributed by atoms with E-state index in [0.717, 1.165) is 52.9 Å². The van der Waals surface area contributed by atoms with Crippen molar-refractivity contribution in [3.05, 3.63) is 70.8 Å². The molecule has 204 valence electrons. The van der Waals surface area contributed by atoms with Gasteiger partial charge >= 0.3 is 0 Å². The molecule has 0 aliphatic carbocycles. The summed E-state index contributed by atoms with van der Waals surface area (Å²) in [7, 11) is 0. The molecule has 0 saturated carbocycles. The van der Waals surface area contributed by atoms with Gasteiger partial charge in [-0.15, -0.1) is 10.2 Å². The Kier molecular flexibility index (Phi) is 9.63. The molecular weight excluding hydrogens is 526 g/mol. The lowest BCUT2D eigenvalue weighted by Crippen LogP contribution is -2.18. The molecule has 0 atom stereocenters. The van der Waals surface area contributed by atoms with Gasteiger partial charge in [0.1, 0.15) is 11.5 Å². The highest BCUT2D eigenvalue weighted by Crippen LogP contribution is 2.30. The van der Waals surface area contributed by atoms with E-state index in [1.807, 2.05) is 53.1 Å². The molecular formula is C26H28ClN7O5. The minimum atomic E-state index is -0.408. The zero-order chi connectivity index (χ0) is 27.8. The van der Waals surface area contributed by atoms with Gasteiger partial charge in [-0.2, -0.15) is 0 Å². The predicted octanol–water partition coefficient (Wildman–Crippen LogP) is 4.49. The highest BCUT2D eigenvalue weighted by molar-refractivity contribution is 6.31. The molecule has 0 bridgehead atoms. The quantitative estimate of drug-likeness (QED) is 0.138. The molecule has 39 heavy (non-hydrogen) atoms. The average molecular weight is 554 g/mol. The molecule has 0 unspecified atom stereocenters. The second-order valence-electron chi connectivity index (χ2n) is 8.74. The molecule has 0 amide bonds. The molecule has 2 N–H and O–H groups in total. The maximum absolute atomic E-state index is 12.4. The van der Waals surface area contributed by atoms with E-state index in [9.17, 15) is 9.59 Å². The van der Waals surface area contributed by atoms with Crippen molar-refractivity contribution in [2.24, 2.45) is 0 Å². The Hall–Kier alpha value is -3.81. The van der Waals surface area contributed by atoms with Gasteiger partial charge in [-0.3, -0.25) is 24.8 Å². The number of benzene rings is 2. The van der Waals surface area contributed by atoms with Crippen molar-refractivity contribution in [1.29, 1.82) is 0 Å². The highest BCUT2D eigenvalue weighted by atomic mass is 35.5. The number of hydrogen-bond acceptors (Lipinski definition) is 10. The number of aryl methyl sites for hydroxylation is 1. The van der Waals surface area contributed by atoms with E-state index in [2.05, 4.69) is 32.2 Å². The summed E-state index contributed by atoms with van der Waals surface area (Å²) in [6.45, 7) is 2.50. The average Bonchev–Trinajstić information content (AvgIpc) is 3.55. The fourth-order valence-electron chi connectivity index (χ4n) is 4.10. The van der Waals surface area contributed by atoms with Crippen molar-refractivity contribution in [1.82, 2.24) is 35.1 Å². The van der Waals surface area contributed by atoms with Crippen LogP contribution in [-0.4, -0.2) is 64.4 Å². The van der Waals surface area contributed by atoms with Crippen molar-refractivity contribution in [2.75, 3.05) is 6.61 Å². The Balaban J connectivity index is 1.52. The van der Waals surface area contributed by atoms with Gasteiger partial charge in [0.25, 0.3) is 5.91 Å². The van der Waals surface area contributed by atoms with Crippen LogP contribution in [-0.2, 0) is 17.8 Å². The molecule has 0 saturated heterocycles. The summed E-state index contributed by atoms with van der Waals surface area (Å²) in [6, 6.07) is 15.4. The third-order valence-electron chi connectivity index (χ3n) is 6.06. The van der Waals surface area contributed by atoms with Gasteiger partial charge in [0.2, 0.25) is 5.82 Å². The van der Waals surface area contributed by atoms with Crippen LogP contribution in [0.3, 0.4) is 0 Å². The van der Waals surface area contributed by atoms with Crippen molar-refractivity contribution in [2.45, 2.75) is 45.6 Å². The fraction of sp³-hybridized carbons (Fsp3) is 0.308. The number of nitrogens with zero attached hydrogens (tertiary/aromatic N) is 7. The van der Waals surface area contributed by atoms with Crippen LogP contribution in [0.1, 0.15) is 59.3 Å². The molecule has 2 heterocycles. The van der Waals surface area contributed by atoms with Crippen LogP contribution in [0.4, 0.5) is 0 Å². The molecule has 0 aliphatic heterocycles. The van der Waals surface area contributed by atoms with Gasteiger partial charge in [0.15, 0.2) is 11.4 Å². The lowest BCUT2D eigenvalue weighted by Gasteiger charge is -2.11. The summed E-state index contributed by atoms with van der Waals surface area (Å²) in [5, 5.41) is 29.1. The Labute approximate surface area is 229 Å². The molecule has 0 aliphatic rings. The Morgan fingerprint density at radius 2 is 1.85 bits per heavy atom. The van der Waals surface area contributed by atoms with E-state index in [1.165, 1.54) is 0 Å². The monoisotopic (exact) mass is 553 g/mol. The van der Waals surface area contributed by atoms with Crippen LogP contribution in [0, 0.1) is 0 Å². The first-order valence-electron chi connectivity index (χ1n) is 12.4. The second kappa shape index (κ2) is 13.3. The summed E-state index contributed by atoms with van der Waals surface area (Å²) >= 11 is 6.21. The molecule has 0 spiro atoms. The van der Waals surface area contributed by atoms with Crippen LogP contribution in [0.5, 0.6) is 0 Å². The largest absolute Gasteiger partial charge is 0.320 e. The van der Waals surface area contributed by atoms with E-state index in [-0.39, 0.29) is 24.6 Å². The number of unbranched alkanes of at least 4 members (excludes halogenated alkanes) is 1. The zero-order valence-electron chi connectivity index (χ0n) is 21.3. The van der Waals surface area contributed by atoms with Gasteiger partial charge in [-0.05, 0) is 34.7 Å². The summed E-state index contributed by atoms with van der Waals surface area (Å²) in [5.74, 6) is 0.674. The maximum Gasteiger partial charge on any atom is 0.266 e. The molecule has 12 nitrogen and oxygen atoms in total. The van der Waals surface area contributed by atoms with E-state index in [4.69, 9.17) is 22.0 Å². The summed E-state index contributed by atoms with van der Waals surface area (Å²) in [6.07, 6.45) is 3.70. The predicted molar refractivity (Wildman–Crippen MR) is 140 cm³/mol. The number of aldehydes is 1. The Morgan fingerprint density at radius 1 is 1.10 bits per heavy atom. The molecule has 4 aromatic rings. The van der Waals surface area contributed by atoms with E-state index in [1.54, 1.807) is 0 Å². The van der Waals surface area contributed by atoms with E-state index < -0.39 is 11.3 Å². The number of carbonyl (C=O) groups excluding carboxylic acids is 2. The van der Waals surface area contributed by atoms with Gasteiger partial charge in [0.05, 0.1) is 12.0 Å². The number of aromatic nitrogens is 6. The van der Waals surface area contributed by atoms with Crippen molar-refractivity contribution >= 4 is 23.8 Å². The van der Waals surface area contributed by atoms with Crippen molar-refractivity contribution in [3.63, 3.8) is 0 Å². The minimum Gasteiger partial charge on any atom is -0.320 e. The second-order valence-corrected chi connectivity index (χ2v) is 9.10. The third-order valence-corrected chi connectivity index (χ3v) is 6.34. The van der Waals surface area contributed by atoms with Gasteiger partial charge in [-0.25, -0.2) is 4.98 Å². The zero-order valence-corrected chi connectivity index (χ0v) is 22.0. The summed E-state index contributed by atoms with van der Waals surface area (Å²) in [5.41, 5.74) is 3.83. The number of carbonyl (C=O) groups is 2. The maximum atomic E-state index is 12.4.